The minimum Gasteiger partial charge on any atom is -0.459 e. The zero-order valence-corrected chi connectivity index (χ0v) is 15.9. The van der Waals surface area contributed by atoms with Gasteiger partial charge in [-0.15, -0.1) is 0 Å². The number of benzene rings is 2. The SMILES string of the molecule is O=C(OC1CCC(c2ccccc2)CC1)C1=C(Cl)C(=O)c2ccccc2C1=O. The van der Waals surface area contributed by atoms with Crippen LogP contribution in [0.4, 0.5) is 0 Å². The van der Waals surface area contributed by atoms with Gasteiger partial charge in [-0.1, -0.05) is 66.2 Å². The first-order valence-corrected chi connectivity index (χ1v) is 9.78. The van der Waals surface area contributed by atoms with E-state index in [0.717, 1.165) is 25.7 Å². The monoisotopic (exact) mass is 394 g/mol. The fraction of sp³-hybridized carbons (Fsp3) is 0.261. The Morgan fingerprint density at radius 2 is 1.39 bits per heavy atom. The van der Waals surface area contributed by atoms with Crippen LogP contribution >= 0.6 is 11.6 Å². The summed E-state index contributed by atoms with van der Waals surface area (Å²) in [4.78, 5) is 37.8. The van der Waals surface area contributed by atoms with Gasteiger partial charge in [-0.3, -0.25) is 9.59 Å². The first-order valence-electron chi connectivity index (χ1n) is 9.40. The molecule has 0 spiro atoms. The minimum absolute atomic E-state index is 0.191. The molecule has 2 aromatic carbocycles. The molecule has 0 amide bonds. The summed E-state index contributed by atoms with van der Waals surface area (Å²) in [6, 6.07) is 16.6. The molecule has 2 aliphatic rings. The average molecular weight is 395 g/mol. The molecule has 1 fully saturated rings. The predicted molar refractivity (Wildman–Crippen MR) is 106 cm³/mol. The molecule has 0 saturated heterocycles. The van der Waals surface area contributed by atoms with Crippen LogP contribution in [0, 0.1) is 0 Å². The van der Waals surface area contributed by atoms with E-state index >= 15 is 0 Å². The number of carbonyl (C=O) groups is 3. The van der Waals surface area contributed by atoms with Gasteiger partial charge >= 0.3 is 5.97 Å². The van der Waals surface area contributed by atoms with Crippen LogP contribution in [-0.4, -0.2) is 23.6 Å². The van der Waals surface area contributed by atoms with Crippen molar-refractivity contribution in [3.63, 3.8) is 0 Å². The molecule has 5 heteroatoms. The van der Waals surface area contributed by atoms with E-state index in [2.05, 4.69) is 12.1 Å². The van der Waals surface area contributed by atoms with Crippen molar-refractivity contribution in [2.24, 2.45) is 0 Å². The number of hydrogen-bond acceptors (Lipinski definition) is 4. The van der Waals surface area contributed by atoms with Crippen LogP contribution in [0.25, 0.3) is 0 Å². The molecule has 0 atom stereocenters. The van der Waals surface area contributed by atoms with E-state index in [9.17, 15) is 14.4 Å². The standard InChI is InChI=1S/C23H19ClO4/c24-20-19(21(25)17-8-4-5-9-18(17)22(20)26)23(27)28-16-12-10-15(11-13-16)14-6-2-1-3-7-14/h1-9,15-16H,10-13H2. The second-order valence-electron chi connectivity index (χ2n) is 7.18. The van der Waals surface area contributed by atoms with E-state index in [1.54, 1.807) is 12.1 Å². The Labute approximate surface area is 168 Å². The number of allylic oxidation sites excluding steroid dienone is 1. The summed E-state index contributed by atoms with van der Waals surface area (Å²) in [6.45, 7) is 0. The lowest BCUT2D eigenvalue weighted by molar-refractivity contribution is -0.145. The van der Waals surface area contributed by atoms with Gasteiger partial charge in [-0.05, 0) is 37.2 Å². The molecule has 142 valence electrons. The van der Waals surface area contributed by atoms with Gasteiger partial charge in [0.1, 0.15) is 16.7 Å². The van der Waals surface area contributed by atoms with Crippen molar-refractivity contribution in [3.05, 3.63) is 81.9 Å². The highest BCUT2D eigenvalue weighted by molar-refractivity contribution is 6.53. The summed E-state index contributed by atoms with van der Waals surface area (Å²) in [7, 11) is 0. The third-order valence-corrected chi connectivity index (χ3v) is 5.85. The van der Waals surface area contributed by atoms with Crippen LogP contribution in [-0.2, 0) is 9.53 Å². The highest BCUT2D eigenvalue weighted by atomic mass is 35.5. The number of fused-ring (bicyclic) bond motifs is 1. The van der Waals surface area contributed by atoms with E-state index < -0.39 is 17.5 Å². The Morgan fingerprint density at radius 3 is 2.04 bits per heavy atom. The Balaban J connectivity index is 1.45. The molecular formula is C23H19ClO4. The van der Waals surface area contributed by atoms with Crippen LogP contribution in [0.3, 0.4) is 0 Å². The summed E-state index contributed by atoms with van der Waals surface area (Å²) in [6.07, 6.45) is 2.98. The summed E-state index contributed by atoms with van der Waals surface area (Å²) in [5.41, 5.74) is 1.35. The normalized spacial score (nSPS) is 22.0. The number of esters is 1. The van der Waals surface area contributed by atoms with E-state index in [1.165, 1.54) is 17.7 Å². The largest absolute Gasteiger partial charge is 0.459 e. The first-order chi connectivity index (χ1) is 13.6. The predicted octanol–water partition coefficient (Wildman–Crippen LogP) is 4.83. The van der Waals surface area contributed by atoms with E-state index in [0.29, 0.717) is 5.92 Å². The van der Waals surface area contributed by atoms with Crippen molar-refractivity contribution >= 4 is 29.1 Å². The number of carbonyl (C=O) groups excluding carboxylic acids is 3. The van der Waals surface area contributed by atoms with E-state index in [-0.39, 0.29) is 27.8 Å². The second-order valence-corrected chi connectivity index (χ2v) is 7.56. The quantitative estimate of drug-likeness (QED) is 0.552. The third-order valence-electron chi connectivity index (χ3n) is 5.49. The van der Waals surface area contributed by atoms with Crippen LogP contribution in [0.15, 0.2) is 65.2 Å². The molecule has 4 rings (SSSR count). The summed E-state index contributed by atoms with van der Waals surface area (Å²) < 4.78 is 5.56. The number of Topliss-reactive ketones (excluding diaryl/α,β-unsaturated/α-hetero) is 2. The lowest BCUT2D eigenvalue weighted by Crippen LogP contribution is -2.30. The van der Waals surface area contributed by atoms with Crippen molar-refractivity contribution in [1.82, 2.24) is 0 Å². The van der Waals surface area contributed by atoms with Crippen molar-refractivity contribution < 1.29 is 19.1 Å². The topological polar surface area (TPSA) is 60.4 Å². The Morgan fingerprint density at radius 1 is 0.821 bits per heavy atom. The number of ketones is 2. The number of rotatable bonds is 3. The van der Waals surface area contributed by atoms with E-state index in [1.807, 2.05) is 18.2 Å². The maximum absolute atomic E-state index is 12.7. The second kappa shape index (κ2) is 7.72. The molecule has 0 unspecified atom stereocenters. The van der Waals surface area contributed by atoms with Gasteiger partial charge in [0.25, 0.3) is 0 Å². The Kier molecular flexibility index (Phi) is 5.14. The van der Waals surface area contributed by atoms with Crippen LogP contribution in [0.2, 0.25) is 0 Å². The van der Waals surface area contributed by atoms with Crippen molar-refractivity contribution in [2.75, 3.05) is 0 Å². The molecule has 0 radical (unpaired) electrons. The van der Waals surface area contributed by atoms with Gasteiger partial charge in [0.15, 0.2) is 0 Å². The molecule has 0 aliphatic heterocycles. The van der Waals surface area contributed by atoms with Gasteiger partial charge in [0.05, 0.1) is 0 Å². The zero-order chi connectivity index (χ0) is 19.7. The van der Waals surface area contributed by atoms with Crippen molar-refractivity contribution in [1.29, 1.82) is 0 Å². The van der Waals surface area contributed by atoms with Crippen LogP contribution in [0.1, 0.15) is 57.9 Å². The van der Waals surface area contributed by atoms with Crippen LogP contribution < -0.4 is 0 Å². The maximum atomic E-state index is 12.7. The number of ether oxygens (including phenoxy) is 1. The number of hydrogen-bond donors (Lipinski definition) is 0. The molecule has 2 aromatic rings. The highest BCUT2D eigenvalue weighted by Gasteiger charge is 2.37. The Bertz CT molecular complexity index is 969. The number of halogens is 1. The highest BCUT2D eigenvalue weighted by Crippen LogP contribution is 2.35. The summed E-state index contributed by atoms with van der Waals surface area (Å²) in [5, 5.41) is -0.355. The minimum atomic E-state index is -0.805. The molecular weight excluding hydrogens is 376 g/mol. The molecule has 0 heterocycles. The lowest BCUT2D eigenvalue weighted by Gasteiger charge is -2.29. The maximum Gasteiger partial charge on any atom is 0.344 e. The lowest BCUT2D eigenvalue weighted by atomic mass is 9.82. The van der Waals surface area contributed by atoms with Gasteiger partial charge in [0.2, 0.25) is 11.6 Å². The molecule has 0 bridgehead atoms. The fourth-order valence-electron chi connectivity index (χ4n) is 3.98. The van der Waals surface area contributed by atoms with E-state index in [4.69, 9.17) is 16.3 Å². The third kappa shape index (κ3) is 3.40. The molecule has 1 saturated carbocycles. The van der Waals surface area contributed by atoms with Crippen molar-refractivity contribution in [3.8, 4) is 0 Å². The summed E-state index contributed by atoms with van der Waals surface area (Å²) in [5.74, 6) is -1.43. The van der Waals surface area contributed by atoms with Gasteiger partial charge in [0, 0.05) is 11.1 Å². The average Bonchev–Trinajstić information content (AvgIpc) is 2.73. The van der Waals surface area contributed by atoms with Crippen LogP contribution in [0.5, 0.6) is 0 Å². The summed E-state index contributed by atoms with van der Waals surface area (Å²) >= 11 is 6.08. The van der Waals surface area contributed by atoms with Gasteiger partial charge in [-0.25, -0.2) is 4.79 Å². The molecule has 2 aliphatic carbocycles. The van der Waals surface area contributed by atoms with Crippen molar-refractivity contribution in [2.45, 2.75) is 37.7 Å². The fourth-order valence-corrected chi connectivity index (χ4v) is 4.24. The smallest absolute Gasteiger partial charge is 0.344 e. The molecule has 28 heavy (non-hydrogen) atoms. The molecule has 0 aromatic heterocycles. The van der Waals surface area contributed by atoms with Gasteiger partial charge in [-0.2, -0.15) is 0 Å². The molecule has 4 nitrogen and oxygen atoms in total. The first kappa shape index (κ1) is 18.6. The zero-order valence-electron chi connectivity index (χ0n) is 15.2. The van der Waals surface area contributed by atoms with Gasteiger partial charge < -0.3 is 4.74 Å². The Hall–Kier alpha value is -2.72. The molecule has 0 N–H and O–H groups in total.